The van der Waals surface area contributed by atoms with E-state index in [2.05, 4.69) is 0 Å². The van der Waals surface area contributed by atoms with Gasteiger partial charge in [-0.3, -0.25) is 0 Å². The molecule has 0 aromatic heterocycles. The Balaban J connectivity index is 2.19. The zero-order chi connectivity index (χ0) is 15.4. The molecule has 0 saturated heterocycles. The first kappa shape index (κ1) is 15.3. The van der Waals surface area contributed by atoms with Crippen molar-refractivity contribution >= 4 is 22.9 Å². The summed E-state index contributed by atoms with van der Waals surface area (Å²) in [5, 5.41) is 0. The van der Waals surface area contributed by atoms with Crippen LogP contribution in [-0.4, -0.2) is 19.1 Å². The molecule has 3 nitrogen and oxygen atoms in total. The minimum absolute atomic E-state index is 0.191. The Morgan fingerprint density at radius 2 is 2.05 bits per heavy atom. The van der Waals surface area contributed by atoms with E-state index in [9.17, 15) is 4.39 Å². The number of hydrogen-bond acceptors (Lipinski definition) is 3. The van der Waals surface area contributed by atoms with Gasteiger partial charge in [-0.25, -0.2) is 4.39 Å². The number of halogens is 1. The van der Waals surface area contributed by atoms with Crippen molar-refractivity contribution in [1.82, 2.24) is 0 Å². The van der Waals surface area contributed by atoms with Gasteiger partial charge in [0.1, 0.15) is 16.6 Å². The molecule has 0 aliphatic carbocycles. The van der Waals surface area contributed by atoms with Gasteiger partial charge in [-0.2, -0.15) is 0 Å². The van der Waals surface area contributed by atoms with E-state index in [1.807, 2.05) is 36.2 Å². The van der Waals surface area contributed by atoms with Crippen molar-refractivity contribution in [2.45, 2.75) is 6.54 Å². The largest absolute Gasteiger partial charge is 0.497 e. The van der Waals surface area contributed by atoms with Crippen LogP contribution in [0.3, 0.4) is 0 Å². The summed E-state index contributed by atoms with van der Waals surface area (Å²) in [6.45, 7) is 0.570. The van der Waals surface area contributed by atoms with Gasteiger partial charge in [-0.1, -0.05) is 24.4 Å². The normalized spacial score (nSPS) is 10.2. The predicted octanol–water partition coefficient (Wildman–Crippen LogP) is 3.10. The van der Waals surface area contributed by atoms with Gasteiger partial charge in [-0.05, 0) is 35.9 Å². The molecule has 0 aliphatic rings. The van der Waals surface area contributed by atoms with Crippen molar-refractivity contribution in [3.05, 3.63) is 59.4 Å². The molecule has 21 heavy (non-hydrogen) atoms. The zero-order valence-electron chi connectivity index (χ0n) is 12.0. The molecule has 2 rings (SSSR count). The summed E-state index contributed by atoms with van der Waals surface area (Å²) < 4.78 is 19.3. The number of ether oxygens (including phenoxy) is 1. The Morgan fingerprint density at radius 1 is 1.29 bits per heavy atom. The van der Waals surface area contributed by atoms with Crippen LogP contribution >= 0.6 is 12.2 Å². The van der Waals surface area contributed by atoms with Crippen LogP contribution in [-0.2, 0) is 6.54 Å². The number of rotatable bonds is 5. The first-order valence-electron chi connectivity index (χ1n) is 6.44. The second-order valence-electron chi connectivity index (χ2n) is 4.74. The highest BCUT2D eigenvalue weighted by molar-refractivity contribution is 7.80. The summed E-state index contributed by atoms with van der Waals surface area (Å²) in [6, 6.07) is 12.5. The smallest absolute Gasteiger partial charge is 0.147 e. The molecule has 5 heteroatoms. The van der Waals surface area contributed by atoms with Crippen molar-refractivity contribution in [1.29, 1.82) is 0 Å². The average molecular weight is 304 g/mol. The lowest BCUT2D eigenvalue weighted by atomic mass is 10.1. The number of nitrogens with two attached hydrogens (primary N) is 1. The number of benzene rings is 2. The molecule has 0 atom stereocenters. The Hall–Kier alpha value is -2.14. The predicted molar refractivity (Wildman–Crippen MR) is 87.4 cm³/mol. The van der Waals surface area contributed by atoms with E-state index in [0.717, 1.165) is 11.3 Å². The highest BCUT2D eigenvalue weighted by Gasteiger charge is 2.10. The van der Waals surface area contributed by atoms with Crippen molar-refractivity contribution in [3.63, 3.8) is 0 Å². The molecule has 0 saturated carbocycles. The third-order valence-corrected chi connectivity index (χ3v) is 3.43. The Bertz CT molecular complexity index is 660. The highest BCUT2D eigenvalue weighted by Crippen LogP contribution is 2.22. The molecular formula is C16H17FN2OS. The summed E-state index contributed by atoms with van der Waals surface area (Å²) in [4.78, 5) is 2.02. The molecule has 0 spiro atoms. The molecule has 0 fully saturated rings. The second-order valence-corrected chi connectivity index (χ2v) is 5.18. The van der Waals surface area contributed by atoms with Gasteiger partial charge >= 0.3 is 0 Å². The minimum atomic E-state index is -0.342. The van der Waals surface area contributed by atoms with Gasteiger partial charge in [0, 0.05) is 19.2 Å². The van der Waals surface area contributed by atoms with E-state index in [1.165, 1.54) is 6.07 Å². The number of hydrogen-bond donors (Lipinski definition) is 1. The van der Waals surface area contributed by atoms with Crippen LogP contribution in [0.25, 0.3) is 0 Å². The maximum atomic E-state index is 14.1. The lowest BCUT2D eigenvalue weighted by molar-refractivity contribution is 0.414. The Morgan fingerprint density at radius 3 is 2.67 bits per heavy atom. The van der Waals surface area contributed by atoms with Gasteiger partial charge in [0.05, 0.1) is 12.8 Å². The third-order valence-electron chi connectivity index (χ3n) is 3.20. The molecule has 0 amide bonds. The fourth-order valence-corrected chi connectivity index (χ4v) is 2.23. The van der Waals surface area contributed by atoms with Gasteiger partial charge in [0.2, 0.25) is 0 Å². The first-order chi connectivity index (χ1) is 10.0. The van der Waals surface area contributed by atoms with E-state index in [4.69, 9.17) is 22.7 Å². The number of nitrogens with zero attached hydrogens (tertiary/aromatic N) is 1. The maximum absolute atomic E-state index is 14.1. The quantitative estimate of drug-likeness (QED) is 0.862. The molecule has 110 valence electrons. The van der Waals surface area contributed by atoms with Crippen LogP contribution in [0.4, 0.5) is 10.1 Å². The first-order valence-corrected chi connectivity index (χ1v) is 6.85. The molecular weight excluding hydrogens is 287 g/mol. The summed E-state index contributed by atoms with van der Waals surface area (Å²) >= 11 is 4.85. The standard InChI is InChI=1S/C16H17FN2OS/c1-19(10-11-4-3-5-13(8-11)20-2)15-7-6-12(16(18)21)9-14(15)17/h3-9H,10H2,1-2H3,(H2,18,21). The molecule has 2 aromatic carbocycles. The van der Waals surface area contributed by atoms with Gasteiger partial charge in [0.25, 0.3) is 0 Å². The summed E-state index contributed by atoms with van der Waals surface area (Å²) in [7, 11) is 3.45. The molecule has 0 bridgehead atoms. The second kappa shape index (κ2) is 6.54. The van der Waals surface area contributed by atoms with Gasteiger partial charge in [0.15, 0.2) is 0 Å². The van der Waals surface area contributed by atoms with Gasteiger partial charge in [-0.15, -0.1) is 0 Å². The molecule has 2 N–H and O–H groups in total. The SMILES string of the molecule is COc1cccc(CN(C)c2ccc(C(N)=S)cc2F)c1. The summed E-state index contributed by atoms with van der Waals surface area (Å²) in [5.74, 6) is 0.441. The summed E-state index contributed by atoms with van der Waals surface area (Å²) in [6.07, 6.45) is 0. The number of thiocarbonyl (C=S) groups is 1. The molecule has 0 aliphatic heterocycles. The van der Waals surface area contributed by atoms with E-state index in [1.54, 1.807) is 19.2 Å². The topological polar surface area (TPSA) is 38.5 Å². The van der Waals surface area contributed by atoms with Crippen LogP contribution in [0, 0.1) is 5.82 Å². The Kier molecular flexibility index (Phi) is 4.75. The fraction of sp³-hybridized carbons (Fsp3) is 0.188. The fourth-order valence-electron chi connectivity index (χ4n) is 2.10. The maximum Gasteiger partial charge on any atom is 0.147 e. The third kappa shape index (κ3) is 3.70. The Labute approximate surface area is 129 Å². The van der Waals surface area contributed by atoms with Crippen molar-refractivity contribution in [3.8, 4) is 5.75 Å². The summed E-state index contributed by atoms with van der Waals surface area (Å²) in [5.41, 5.74) is 7.57. The lowest BCUT2D eigenvalue weighted by Gasteiger charge is -2.20. The van der Waals surface area contributed by atoms with Crippen molar-refractivity contribution in [2.75, 3.05) is 19.1 Å². The van der Waals surface area contributed by atoms with E-state index >= 15 is 0 Å². The van der Waals surface area contributed by atoms with Crippen LogP contribution in [0.2, 0.25) is 0 Å². The molecule has 0 radical (unpaired) electrons. The monoisotopic (exact) mass is 304 g/mol. The van der Waals surface area contributed by atoms with Crippen LogP contribution in [0.15, 0.2) is 42.5 Å². The average Bonchev–Trinajstić information content (AvgIpc) is 2.47. The van der Waals surface area contributed by atoms with E-state index in [-0.39, 0.29) is 10.8 Å². The van der Waals surface area contributed by atoms with Crippen molar-refractivity contribution in [2.24, 2.45) is 5.73 Å². The van der Waals surface area contributed by atoms with Crippen LogP contribution in [0.1, 0.15) is 11.1 Å². The van der Waals surface area contributed by atoms with E-state index < -0.39 is 0 Å². The van der Waals surface area contributed by atoms with Crippen LogP contribution in [0.5, 0.6) is 5.75 Å². The van der Waals surface area contributed by atoms with Crippen LogP contribution < -0.4 is 15.4 Å². The molecule has 0 unspecified atom stereocenters. The highest BCUT2D eigenvalue weighted by atomic mass is 32.1. The van der Waals surface area contributed by atoms with Crippen molar-refractivity contribution < 1.29 is 9.13 Å². The lowest BCUT2D eigenvalue weighted by Crippen LogP contribution is -2.18. The van der Waals surface area contributed by atoms with E-state index in [0.29, 0.717) is 17.8 Å². The number of methoxy groups -OCH3 is 1. The number of anilines is 1. The van der Waals surface area contributed by atoms with Gasteiger partial charge < -0.3 is 15.4 Å². The minimum Gasteiger partial charge on any atom is -0.497 e. The molecule has 2 aromatic rings. The molecule has 0 heterocycles. The zero-order valence-corrected chi connectivity index (χ0v) is 12.8.